The number of aliphatic hydroxyl groups is 2. The predicted molar refractivity (Wildman–Crippen MR) is 54.2 cm³/mol. The highest BCUT2D eigenvalue weighted by Crippen LogP contribution is 1.99. The zero-order valence-corrected chi connectivity index (χ0v) is 9.27. The minimum Gasteiger partial charge on any atom is -0.394 e. The average molecular weight is 206 g/mol. The maximum Gasteiger partial charge on any atom is 0.0781 e. The van der Waals surface area contributed by atoms with Crippen LogP contribution in [0.25, 0.3) is 0 Å². The molecular weight excluding hydrogens is 184 g/mol. The third kappa shape index (κ3) is 7.26. The summed E-state index contributed by atoms with van der Waals surface area (Å²) in [7, 11) is 0. The summed E-state index contributed by atoms with van der Waals surface area (Å²) in [5, 5.41) is 17.9. The van der Waals surface area contributed by atoms with Gasteiger partial charge < -0.3 is 19.7 Å². The summed E-state index contributed by atoms with van der Waals surface area (Å²) in [6.07, 6.45) is 0.0933. The van der Waals surface area contributed by atoms with E-state index in [1.807, 2.05) is 13.8 Å². The molecule has 0 aliphatic rings. The van der Waals surface area contributed by atoms with Crippen LogP contribution in [0, 0.1) is 0 Å². The zero-order chi connectivity index (χ0) is 11.0. The van der Waals surface area contributed by atoms with Gasteiger partial charge in [0.05, 0.1) is 38.1 Å². The largest absolute Gasteiger partial charge is 0.394 e. The number of rotatable bonds is 8. The minimum absolute atomic E-state index is 0.0182. The molecule has 0 saturated heterocycles. The van der Waals surface area contributed by atoms with Crippen molar-refractivity contribution in [3.8, 4) is 0 Å². The van der Waals surface area contributed by atoms with Crippen molar-refractivity contribution in [2.24, 2.45) is 0 Å². The van der Waals surface area contributed by atoms with Crippen LogP contribution < -0.4 is 0 Å². The first-order valence-corrected chi connectivity index (χ1v) is 5.12. The molecule has 0 aliphatic carbocycles. The van der Waals surface area contributed by atoms with Gasteiger partial charge in [-0.15, -0.1) is 0 Å². The lowest BCUT2D eigenvalue weighted by atomic mass is 10.3. The molecule has 0 bridgehead atoms. The Labute approximate surface area is 85.8 Å². The van der Waals surface area contributed by atoms with Crippen LogP contribution in [-0.2, 0) is 9.47 Å². The first-order valence-electron chi connectivity index (χ1n) is 5.12. The van der Waals surface area contributed by atoms with Crippen LogP contribution in [-0.4, -0.2) is 48.3 Å². The second-order valence-corrected chi connectivity index (χ2v) is 3.53. The van der Waals surface area contributed by atoms with Gasteiger partial charge in [0.15, 0.2) is 0 Å². The molecule has 4 nitrogen and oxygen atoms in total. The van der Waals surface area contributed by atoms with Crippen LogP contribution >= 0.6 is 0 Å². The summed E-state index contributed by atoms with van der Waals surface area (Å²) >= 11 is 0. The van der Waals surface area contributed by atoms with Gasteiger partial charge >= 0.3 is 0 Å². The molecule has 86 valence electrons. The van der Waals surface area contributed by atoms with E-state index in [2.05, 4.69) is 0 Å². The van der Waals surface area contributed by atoms with Crippen LogP contribution in [0.3, 0.4) is 0 Å². The minimum atomic E-state index is -0.396. The number of hydrogen-bond donors (Lipinski definition) is 2. The van der Waals surface area contributed by atoms with E-state index in [9.17, 15) is 5.11 Å². The zero-order valence-electron chi connectivity index (χ0n) is 9.27. The summed E-state index contributed by atoms with van der Waals surface area (Å²) in [6.45, 7) is 6.39. The van der Waals surface area contributed by atoms with Crippen LogP contribution in [0.2, 0.25) is 0 Å². The molecule has 14 heavy (non-hydrogen) atoms. The van der Waals surface area contributed by atoms with Crippen LogP contribution in [0.5, 0.6) is 0 Å². The van der Waals surface area contributed by atoms with Crippen molar-refractivity contribution in [2.75, 3.05) is 19.8 Å². The van der Waals surface area contributed by atoms with Gasteiger partial charge in [-0.1, -0.05) is 6.92 Å². The van der Waals surface area contributed by atoms with Crippen molar-refractivity contribution >= 4 is 0 Å². The van der Waals surface area contributed by atoms with E-state index in [1.165, 1.54) is 0 Å². The molecule has 0 saturated carbocycles. The third-order valence-electron chi connectivity index (χ3n) is 1.92. The Hall–Kier alpha value is -0.160. The first-order chi connectivity index (χ1) is 6.60. The average Bonchev–Trinajstić information content (AvgIpc) is 2.22. The Kier molecular flexibility index (Phi) is 8.08. The molecular formula is C10H22O4. The molecule has 0 aromatic carbocycles. The monoisotopic (exact) mass is 206 g/mol. The SMILES string of the molecule is CCC(O)COC(C)COC(C)CO. The second kappa shape index (κ2) is 8.17. The summed E-state index contributed by atoms with van der Waals surface area (Å²) < 4.78 is 10.6. The molecule has 0 aliphatic heterocycles. The number of ether oxygens (including phenoxy) is 2. The van der Waals surface area contributed by atoms with Gasteiger partial charge in [-0.25, -0.2) is 0 Å². The van der Waals surface area contributed by atoms with E-state index in [4.69, 9.17) is 14.6 Å². The Morgan fingerprint density at radius 3 is 2.14 bits per heavy atom. The highest BCUT2D eigenvalue weighted by molar-refractivity contribution is 4.54. The van der Waals surface area contributed by atoms with Gasteiger partial charge in [0.1, 0.15) is 0 Å². The second-order valence-electron chi connectivity index (χ2n) is 3.53. The summed E-state index contributed by atoms with van der Waals surface area (Å²) in [5.41, 5.74) is 0. The Balaban J connectivity index is 3.40. The Bertz CT molecular complexity index is 115. The van der Waals surface area contributed by atoms with E-state index in [-0.39, 0.29) is 18.8 Å². The van der Waals surface area contributed by atoms with E-state index in [1.54, 1.807) is 6.92 Å². The van der Waals surface area contributed by atoms with Gasteiger partial charge in [0, 0.05) is 0 Å². The molecule has 3 atom stereocenters. The Morgan fingerprint density at radius 1 is 1.07 bits per heavy atom. The standard InChI is InChI=1S/C10H22O4/c1-4-10(12)7-14-9(3)6-13-8(2)5-11/h8-12H,4-7H2,1-3H3. The van der Waals surface area contributed by atoms with Crippen molar-refractivity contribution < 1.29 is 19.7 Å². The maximum atomic E-state index is 9.22. The van der Waals surface area contributed by atoms with Crippen molar-refractivity contribution in [1.82, 2.24) is 0 Å². The van der Waals surface area contributed by atoms with Crippen molar-refractivity contribution in [2.45, 2.75) is 45.5 Å². The van der Waals surface area contributed by atoms with E-state index >= 15 is 0 Å². The van der Waals surface area contributed by atoms with Gasteiger partial charge in [-0.05, 0) is 20.3 Å². The third-order valence-corrected chi connectivity index (χ3v) is 1.92. The summed E-state index contributed by atoms with van der Waals surface area (Å²) in [5.74, 6) is 0. The molecule has 0 spiro atoms. The lowest BCUT2D eigenvalue weighted by Crippen LogP contribution is -2.25. The lowest BCUT2D eigenvalue weighted by Gasteiger charge is -2.17. The molecule has 0 aromatic rings. The Morgan fingerprint density at radius 2 is 1.64 bits per heavy atom. The fraction of sp³-hybridized carbons (Fsp3) is 1.00. The molecule has 0 aromatic heterocycles. The van der Waals surface area contributed by atoms with Crippen LogP contribution in [0.4, 0.5) is 0 Å². The molecule has 2 N–H and O–H groups in total. The van der Waals surface area contributed by atoms with Crippen molar-refractivity contribution in [3.05, 3.63) is 0 Å². The maximum absolute atomic E-state index is 9.22. The summed E-state index contributed by atoms with van der Waals surface area (Å²) in [4.78, 5) is 0. The molecule has 0 heterocycles. The lowest BCUT2D eigenvalue weighted by molar-refractivity contribution is -0.0648. The fourth-order valence-electron chi connectivity index (χ4n) is 0.794. The van der Waals surface area contributed by atoms with E-state index < -0.39 is 6.10 Å². The molecule has 4 heteroatoms. The molecule has 0 rings (SSSR count). The van der Waals surface area contributed by atoms with Gasteiger partial charge in [-0.3, -0.25) is 0 Å². The van der Waals surface area contributed by atoms with Crippen LogP contribution in [0.15, 0.2) is 0 Å². The van der Waals surface area contributed by atoms with Gasteiger partial charge in [0.2, 0.25) is 0 Å². The highest BCUT2D eigenvalue weighted by atomic mass is 16.5. The molecule has 3 unspecified atom stereocenters. The van der Waals surface area contributed by atoms with Crippen molar-refractivity contribution in [1.29, 1.82) is 0 Å². The van der Waals surface area contributed by atoms with Crippen LogP contribution in [0.1, 0.15) is 27.2 Å². The normalized spacial score (nSPS) is 17.8. The number of hydrogen-bond acceptors (Lipinski definition) is 4. The smallest absolute Gasteiger partial charge is 0.0781 e. The van der Waals surface area contributed by atoms with E-state index in [0.29, 0.717) is 19.6 Å². The van der Waals surface area contributed by atoms with Gasteiger partial charge in [0.25, 0.3) is 0 Å². The molecule has 0 fully saturated rings. The first kappa shape index (κ1) is 13.8. The summed E-state index contributed by atoms with van der Waals surface area (Å²) in [6, 6.07) is 0. The highest BCUT2D eigenvalue weighted by Gasteiger charge is 2.08. The quantitative estimate of drug-likeness (QED) is 0.609. The fourth-order valence-corrected chi connectivity index (χ4v) is 0.794. The topological polar surface area (TPSA) is 58.9 Å². The number of aliphatic hydroxyl groups excluding tert-OH is 2. The predicted octanol–water partition coefficient (Wildman–Crippen LogP) is 0.560. The van der Waals surface area contributed by atoms with E-state index in [0.717, 1.165) is 0 Å². The molecule has 0 amide bonds. The molecule has 0 radical (unpaired) electrons. The van der Waals surface area contributed by atoms with Gasteiger partial charge in [-0.2, -0.15) is 0 Å². The van der Waals surface area contributed by atoms with Crippen molar-refractivity contribution in [3.63, 3.8) is 0 Å².